The van der Waals surface area contributed by atoms with E-state index < -0.39 is 0 Å². The van der Waals surface area contributed by atoms with Crippen LogP contribution in [0.4, 0.5) is 11.4 Å². The Kier molecular flexibility index (Phi) is 3.94. The third kappa shape index (κ3) is 2.76. The molecule has 0 spiro atoms. The van der Waals surface area contributed by atoms with Crippen molar-refractivity contribution in [2.24, 2.45) is 0 Å². The Labute approximate surface area is 147 Å². The van der Waals surface area contributed by atoms with Gasteiger partial charge in [-0.05, 0) is 48.4 Å². The molecule has 1 aromatic heterocycles. The average molecular weight is 329 g/mol. The van der Waals surface area contributed by atoms with Crippen molar-refractivity contribution in [3.63, 3.8) is 0 Å². The van der Waals surface area contributed by atoms with Crippen molar-refractivity contribution in [1.82, 2.24) is 4.98 Å². The van der Waals surface area contributed by atoms with E-state index in [1.165, 1.54) is 5.56 Å². The first-order valence-corrected chi connectivity index (χ1v) is 8.47. The smallest absolute Gasteiger partial charge is 0.262 e. The van der Waals surface area contributed by atoms with Gasteiger partial charge in [0, 0.05) is 17.6 Å². The van der Waals surface area contributed by atoms with Crippen LogP contribution in [0.1, 0.15) is 34.7 Å². The fraction of sp³-hybridized carbons (Fsp3) is 0.143. The molecule has 0 bridgehead atoms. The Balaban J connectivity index is 1.74. The number of anilines is 2. The van der Waals surface area contributed by atoms with Crippen LogP contribution in [0, 0.1) is 0 Å². The molecule has 0 saturated heterocycles. The zero-order valence-corrected chi connectivity index (χ0v) is 14.0. The standard InChI is InChI=1S/C21H19N3O/c1-2-15-10-12-16(13-11-15)23-20-19-18(9-6-14-22-19)21(25)24(20)17-7-4-3-5-8-17/h3-14,20,23H,2H2,1H3/t20-/m0/s1. The number of amides is 1. The highest BCUT2D eigenvalue weighted by molar-refractivity contribution is 6.11. The van der Waals surface area contributed by atoms with Gasteiger partial charge in [0.1, 0.15) is 0 Å². The predicted octanol–water partition coefficient (Wildman–Crippen LogP) is 4.42. The van der Waals surface area contributed by atoms with Crippen molar-refractivity contribution in [3.8, 4) is 0 Å². The molecule has 1 atom stereocenters. The van der Waals surface area contributed by atoms with Crippen molar-refractivity contribution in [2.45, 2.75) is 19.5 Å². The molecule has 1 amide bonds. The summed E-state index contributed by atoms with van der Waals surface area (Å²) in [6, 6.07) is 21.6. The number of fused-ring (bicyclic) bond motifs is 1. The first-order chi connectivity index (χ1) is 12.3. The first kappa shape index (κ1) is 15.4. The zero-order valence-electron chi connectivity index (χ0n) is 14.0. The van der Waals surface area contributed by atoms with Crippen LogP contribution in [-0.2, 0) is 6.42 Å². The Bertz CT molecular complexity index is 891. The Morgan fingerprint density at radius 1 is 1.00 bits per heavy atom. The van der Waals surface area contributed by atoms with Crippen LogP contribution in [0.3, 0.4) is 0 Å². The van der Waals surface area contributed by atoms with Crippen molar-refractivity contribution in [2.75, 3.05) is 10.2 Å². The van der Waals surface area contributed by atoms with Gasteiger partial charge in [0.2, 0.25) is 0 Å². The molecule has 1 N–H and O–H groups in total. The molecule has 1 aliphatic rings. The molecule has 25 heavy (non-hydrogen) atoms. The number of hydrogen-bond acceptors (Lipinski definition) is 3. The summed E-state index contributed by atoms with van der Waals surface area (Å²) in [5, 5.41) is 3.47. The number of pyridine rings is 1. The van der Waals surface area contributed by atoms with Crippen LogP contribution in [0.2, 0.25) is 0 Å². The summed E-state index contributed by atoms with van der Waals surface area (Å²) in [7, 11) is 0. The van der Waals surface area contributed by atoms with E-state index in [9.17, 15) is 4.79 Å². The van der Waals surface area contributed by atoms with E-state index in [0.29, 0.717) is 5.56 Å². The van der Waals surface area contributed by atoms with Gasteiger partial charge in [-0.2, -0.15) is 0 Å². The Morgan fingerprint density at radius 2 is 1.76 bits per heavy atom. The minimum atomic E-state index is -0.321. The lowest BCUT2D eigenvalue weighted by Crippen LogP contribution is -2.32. The number of rotatable bonds is 4. The summed E-state index contributed by atoms with van der Waals surface area (Å²) in [4.78, 5) is 19.2. The van der Waals surface area contributed by atoms with E-state index in [1.54, 1.807) is 17.2 Å². The van der Waals surface area contributed by atoms with Gasteiger partial charge in [-0.15, -0.1) is 0 Å². The Hall–Kier alpha value is -3.14. The second-order valence-electron chi connectivity index (χ2n) is 6.04. The number of nitrogens with one attached hydrogen (secondary N) is 1. The van der Waals surface area contributed by atoms with Crippen LogP contribution >= 0.6 is 0 Å². The SMILES string of the molecule is CCc1ccc(N[C@@H]2c3ncccc3C(=O)N2c2ccccc2)cc1. The van der Waals surface area contributed by atoms with Gasteiger partial charge in [-0.1, -0.05) is 37.3 Å². The molecule has 4 rings (SSSR count). The number of carbonyl (C=O) groups excluding carboxylic acids is 1. The van der Waals surface area contributed by atoms with E-state index >= 15 is 0 Å². The van der Waals surface area contributed by atoms with Crippen molar-refractivity contribution >= 4 is 17.3 Å². The molecule has 2 aromatic carbocycles. The molecule has 0 fully saturated rings. The molecule has 0 aliphatic carbocycles. The lowest BCUT2D eigenvalue weighted by atomic mass is 10.1. The van der Waals surface area contributed by atoms with Gasteiger partial charge in [-0.3, -0.25) is 14.7 Å². The van der Waals surface area contributed by atoms with Crippen LogP contribution in [0.15, 0.2) is 72.9 Å². The van der Waals surface area contributed by atoms with E-state index in [4.69, 9.17) is 0 Å². The van der Waals surface area contributed by atoms with Gasteiger partial charge in [0.15, 0.2) is 6.17 Å². The number of aryl methyl sites for hydroxylation is 1. The van der Waals surface area contributed by atoms with Gasteiger partial charge in [0.25, 0.3) is 5.91 Å². The highest BCUT2D eigenvalue weighted by Crippen LogP contribution is 2.36. The molecule has 124 valence electrons. The molecule has 0 saturated carbocycles. The quantitative estimate of drug-likeness (QED) is 0.771. The Morgan fingerprint density at radius 3 is 2.48 bits per heavy atom. The third-order valence-electron chi connectivity index (χ3n) is 4.50. The molecule has 0 unspecified atom stereocenters. The third-order valence-corrected chi connectivity index (χ3v) is 4.50. The lowest BCUT2D eigenvalue weighted by Gasteiger charge is -2.26. The topological polar surface area (TPSA) is 45.2 Å². The van der Waals surface area contributed by atoms with Crippen LogP contribution in [0.25, 0.3) is 0 Å². The van der Waals surface area contributed by atoms with Crippen molar-refractivity contribution < 1.29 is 4.79 Å². The highest BCUT2D eigenvalue weighted by Gasteiger charge is 2.38. The summed E-state index contributed by atoms with van der Waals surface area (Å²) in [6.45, 7) is 2.13. The predicted molar refractivity (Wildman–Crippen MR) is 99.7 cm³/mol. The highest BCUT2D eigenvalue weighted by atomic mass is 16.2. The second kappa shape index (κ2) is 6.40. The second-order valence-corrected chi connectivity index (χ2v) is 6.04. The first-order valence-electron chi connectivity index (χ1n) is 8.47. The van der Waals surface area contributed by atoms with Gasteiger partial charge in [-0.25, -0.2) is 0 Å². The molecule has 3 aromatic rings. The number of hydrogen-bond donors (Lipinski definition) is 1. The van der Waals surface area contributed by atoms with Gasteiger partial charge >= 0.3 is 0 Å². The summed E-state index contributed by atoms with van der Waals surface area (Å²) in [5.74, 6) is -0.0306. The monoisotopic (exact) mass is 329 g/mol. The van der Waals surface area contributed by atoms with E-state index in [2.05, 4.69) is 29.4 Å². The summed E-state index contributed by atoms with van der Waals surface area (Å²) >= 11 is 0. The number of aromatic nitrogens is 1. The zero-order chi connectivity index (χ0) is 17.2. The van der Waals surface area contributed by atoms with E-state index in [1.807, 2.05) is 48.5 Å². The molecule has 4 heteroatoms. The number of benzene rings is 2. The van der Waals surface area contributed by atoms with Crippen molar-refractivity contribution in [3.05, 3.63) is 89.7 Å². The summed E-state index contributed by atoms with van der Waals surface area (Å²) in [5.41, 5.74) is 4.51. The minimum Gasteiger partial charge on any atom is -0.360 e. The van der Waals surface area contributed by atoms with E-state index in [0.717, 1.165) is 23.5 Å². The molecule has 4 nitrogen and oxygen atoms in total. The van der Waals surface area contributed by atoms with Gasteiger partial charge < -0.3 is 5.32 Å². The largest absolute Gasteiger partial charge is 0.360 e. The minimum absolute atomic E-state index is 0.0306. The fourth-order valence-corrected chi connectivity index (χ4v) is 3.17. The fourth-order valence-electron chi connectivity index (χ4n) is 3.17. The van der Waals surface area contributed by atoms with Crippen LogP contribution in [-0.4, -0.2) is 10.9 Å². The van der Waals surface area contributed by atoms with Crippen LogP contribution in [0.5, 0.6) is 0 Å². The molecule has 0 radical (unpaired) electrons. The number of carbonyl (C=O) groups is 1. The number of nitrogens with zero attached hydrogens (tertiary/aromatic N) is 2. The normalized spacial score (nSPS) is 16.0. The molecular weight excluding hydrogens is 310 g/mol. The lowest BCUT2D eigenvalue weighted by molar-refractivity contribution is 0.0993. The van der Waals surface area contributed by atoms with E-state index in [-0.39, 0.29) is 12.1 Å². The number of para-hydroxylation sites is 1. The average Bonchev–Trinajstić information content (AvgIpc) is 2.95. The summed E-state index contributed by atoms with van der Waals surface area (Å²) in [6.07, 6.45) is 2.41. The maximum Gasteiger partial charge on any atom is 0.262 e. The van der Waals surface area contributed by atoms with Gasteiger partial charge in [0.05, 0.1) is 11.3 Å². The molecular formula is C21H19N3O. The van der Waals surface area contributed by atoms with Crippen molar-refractivity contribution in [1.29, 1.82) is 0 Å². The molecule has 1 aliphatic heterocycles. The molecule has 2 heterocycles. The maximum atomic E-state index is 12.9. The van der Waals surface area contributed by atoms with Crippen LogP contribution < -0.4 is 10.2 Å². The summed E-state index contributed by atoms with van der Waals surface area (Å²) < 4.78 is 0. The maximum absolute atomic E-state index is 12.9.